The Morgan fingerprint density at radius 1 is 1.47 bits per heavy atom. The van der Waals surface area contributed by atoms with Gasteiger partial charge in [0.05, 0.1) is 5.34 Å². The lowest BCUT2D eigenvalue weighted by Crippen LogP contribution is -2.35. The Labute approximate surface area is 111 Å². The summed E-state index contributed by atoms with van der Waals surface area (Å²) in [4.78, 5) is 23.6. The molecule has 0 saturated carbocycles. The number of carboxylic acid groups (broad SMARTS) is 1. The first-order valence-corrected chi connectivity index (χ1v) is 6.37. The second-order valence-electron chi connectivity index (χ2n) is 3.75. The van der Waals surface area contributed by atoms with Crippen molar-refractivity contribution in [1.82, 2.24) is 10.2 Å². The highest BCUT2D eigenvalue weighted by Crippen LogP contribution is 2.15. The average molecular weight is 285 g/mol. The summed E-state index contributed by atoms with van der Waals surface area (Å²) in [5.74, 6) is -0.838. The molecule has 0 radical (unpaired) electrons. The topological polar surface area (TPSA) is 69.6 Å². The van der Waals surface area contributed by atoms with Gasteiger partial charge in [-0.05, 0) is 13.5 Å². The largest absolute Gasteiger partial charge is 0.480 e. The van der Waals surface area contributed by atoms with Crippen LogP contribution in [-0.2, 0) is 9.59 Å². The highest BCUT2D eigenvalue weighted by Gasteiger charge is 2.34. The molecule has 7 heteroatoms. The molecule has 1 heterocycles. The van der Waals surface area contributed by atoms with Crippen LogP contribution in [0.25, 0.3) is 0 Å². The smallest absolute Gasteiger partial charge is 0.320 e. The molecular formula is C10H18Cl2N2O3. The van der Waals surface area contributed by atoms with Gasteiger partial charge in [0, 0.05) is 19.0 Å². The normalized spacial score (nSPS) is 23.8. The van der Waals surface area contributed by atoms with Crippen LogP contribution < -0.4 is 5.32 Å². The maximum Gasteiger partial charge on any atom is 0.320 e. The fraction of sp³-hybridized carbons (Fsp3) is 0.800. The number of likely N-dealkylation sites (tertiary alicyclic amines) is 1. The zero-order valence-electron chi connectivity index (χ0n) is 9.95. The molecule has 0 spiro atoms. The van der Waals surface area contributed by atoms with Gasteiger partial charge in [0.2, 0.25) is 5.91 Å². The van der Waals surface area contributed by atoms with Gasteiger partial charge in [-0.1, -0.05) is 6.92 Å². The molecule has 0 bridgehead atoms. The van der Waals surface area contributed by atoms with Gasteiger partial charge in [0.15, 0.2) is 0 Å². The number of carbonyl (C=O) groups is 2. The van der Waals surface area contributed by atoms with Crippen LogP contribution in [0.2, 0.25) is 0 Å². The van der Waals surface area contributed by atoms with Crippen LogP contribution in [0.15, 0.2) is 0 Å². The predicted molar refractivity (Wildman–Crippen MR) is 67.5 cm³/mol. The van der Waals surface area contributed by atoms with Crippen molar-refractivity contribution in [2.75, 3.05) is 18.9 Å². The number of alkyl halides is 2. The lowest BCUT2D eigenvalue weighted by Gasteiger charge is -2.13. The number of halogens is 2. The van der Waals surface area contributed by atoms with Crippen LogP contribution in [0.5, 0.6) is 0 Å². The predicted octanol–water partition coefficient (Wildman–Crippen LogP) is 1.09. The third kappa shape index (κ3) is 6.10. The summed E-state index contributed by atoms with van der Waals surface area (Å²) < 4.78 is 0. The number of likely N-dealkylation sites (N-methyl/N-ethyl adjacent to an activating group) is 1. The van der Waals surface area contributed by atoms with Crippen LogP contribution in [-0.4, -0.2) is 52.9 Å². The Kier molecular flexibility index (Phi) is 8.29. The van der Waals surface area contributed by atoms with E-state index in [0.29, 0.717) is 19.4 Å². The standard InChI is InChI=1S/C9H16N2O3.CH2Cl2/c1-3-8(12)10-6-4-7(9(13)14)11(2)5-6;2-1-3/h6-7H,3-5H2,1-2H3,(H,10,12)(H,13,14);1H2. The van der Waals surface area contributed by atoms with Gasteiger partial charge in [-0.25, -0.2) is 0 Å². The Balaban J connectivity index is 0.000000770. The zero-order valence-corrected chi connectivity index (χ0v) is 11.5. The Morgan fingerprint density at radius 3 is 2.35 bits per heavy atom. The zero-order chi connectivity index (χ0) is 13.4. The number of aliphatic carboxylic acids is 1. The Hall–Kier alpha value is -0.520. The van der Waals surface area contributed by atoms with E-state index in [1.807, 2.05) is 0 Å². The lowest BCUT2D eigenvalue weighted by molar-refractivity contribution is -0.141. The van der Waals surface area contributed by atoms with E-state index in [4.69, 9.17) is 28.3 Å². The third-order valence-corrected chi connectivity index (χ3v) is 2.52. The summed E-state index contributed by atoms with van der Waals surface area (Å²) in [5, 5.41) is 11.8. The molecule has 1 rings (SSSR count). The molecule has 2 atom stereocenters. The van der Waals surface area contributed by atoms with Crippen molar-refractivity contribution in [3.63, 3.8) is 0 Å². The van der Waals surface area contributed by atoms with E-state index in [9.17, 15) is 9.59 Å². The van der Waals surface area contributed by atoms with E-state index in [0.717, 1.165) is 0 Å². The molecular weight excluding hydrogens is 267 g/mol. The van der Waals surface area contributed by atoms with Crippen molar-refractivity contribution in [2.24, 2.45) is 0 Å². The molecule has 2 N–H and O–H groups in total. The number of rotatable bonds is 3. The maximum atomic E-state index is 11.1. The summed E-state index contributed by atoms with van der Waals surface area (Å²) in [5.41, 5.74) is 0. The highest BCUT2D eigenvalue weighted by atomic mass is 35.5. The van der Waals surface area contributed by atoms with E-state index in [-0.39, 0.29) is 17.3 Å². The van der Waals surface area contributed by atoms with Crippen molar-refractivity contribution in [1.29, 1.82) is 0 Å². The average Bonchev–Trinajstić information content (AvgIpc) is 2.60. The molecule has 5 nitrogen and oxygen atoms in total. The van der Waals surface area contributed by atoms with Crippen LogP contribution in [0.1, 0.15) is 19.8 Å². The molecule has 1 amide bonds. The van der Waals surface area contributed by atoms with E-state index in [1.165, 1.54) is 0 Å². The molecule has 100 valence electrons. The van der Waals surface area contributed by atoms with Crippen LogP contribution in [0, 0.1) is 0 Å². The number of carbonyl (C=O) groups excluding carboxylic acids is 1. The van der Waals surface area contributed by atoms with Gasteiger partial charge in [0.1, 0.15) is 6.04 Å². The number of nitrogens with zero attached hydrogens (tertiary/aromatic N) is 1. The fourth-order valence-electron chi connectivity index (χ4n) is 1.72. The summed E-state index contributed by atoms with van der Waals surface area (Å²) in [7, 11) is 1.76. The van der Waals surface area contributed by atoms with Gasteiger partial charge in [0.25, 0.3) is 0 Å². The van der Waals surface area contributed by atoms with Crippen molar-refractivity contribution in [3.05, 3.63) is 0 Å². The second-order valence-corrected chi connectivity index (χ2v) is 4.56. The minimum absolute atomic E-state index is 0.0190. The van der Waals surface area contributed by atoms with Gasteiger partial charge in [-0.2, -0.15) is 0 Å². The number of hydrogen-bond donors (Lipinski definition) is 2. The lowest BCUT2D eigenvalue weighted by atomic mass is 10.1. The quantitative estimate of drug-likeness (QED) is 0.762. The van der Waals surface area contributed by atoms with Crippen molar-refractivity contribution in [3.8, 4) is 0 Å². The van der Waals surface area contributed by atoms with Crippen molar-refractivity contribution >= 4 is 35.1 Å². The Bertz CT molecular complexity index is 264. The van der Waals surface area contributed by atoms with E-state index < -0.39 is 12.0 Å². The summed E-state index contributed by atoms with van der Waals surface area (Å²) in [6.07, 6.45) is 0.940. The number of nitrogens with one attached hydrogen (secondary N) is 1. The van der Waals surface area contributed by atoms with Crippen LogP contribution >= 0.6 is 23.2 Å². The Morgan fingerprint density at radius 2 is 2.00 bits per heavy atom. The molecule has 1 fully saturated rings. The molecule has 2 unspecified atom stereocenters. The van der Waals surface area contributed by atoms with Crippen LogP contribution in [0.4, 0.5) is 0 Å². The maximum absolute atomic E-state index is 11.1. The molecule has 0 aliphatic carbocycles. The summed E-state index contributed by atoms with van der Waals surface area (Å²) in [6, 6.07) is -0.481. The minimum atomic E-state index is -0.819. The van der Waals surface area contributed by atoms with E-state index in [1.54, 1.807) is 18.9 Å². The van der Waals surface area contributed by atoms with Crippen LogP contribution in [0.3, 0.4) is 0 Å². The summed E-state index contributed by atoms with van der Waals surface area (Å²) in [6.45, 7) is 2.39. The summed E-state index contributed by atoms with van der Waals surface area (Å²) >= 11 is 9.53. The van der Waals surface area contributed by atoms with E-state index in [2.05, 4.69) is 5.32 Å². The van der Waals surface area contributed by atoms with E-state index >= 15 is 0 Å². The van der Waals surface area contributed by atoms with Gasteiger partial charge in [-0.15, -0.1) is 23.2 Å². The fourth-order valence-corrected chi connectivity index (χ4v) is 1.72. The number of hydrogen-bond acceptors (Lipinski definition) is 3. The molecule has 1 saturated heterocycles. The molecule has 1 aliphatic rings. The minimum Gasteiger partial charge on any atom is -0.480 e. The van der Waals surface area contributed by atoms with Gasteiger partial charge in [-0.3, -0.25) is 14.5 Å². The van der Waals surface area contributed by atoms with Gasteiger partial charge < -0.3 is 10.4 Å². The molecule has 0 aromatic carbocycles. The number of amides is 1. The number of carboxylic acids is 1. The van der Waals surface area contributed by atoms with Gasteiger partial charge >= 0.3 is 5.97 Å². The SMILES string of the molecule is CCC(=O)NC1CC(C(=O)O)N(C)C1.ClCCl. The monoisotopic (exact) mass is 284 g/mol. The second kappa shape index (κ2) is 8.55. The third-order valence-electron chi connectivity index (χ3n) is 2.52. The van der Waals surface area contributed by atoms with Crippen molar-refractivity contribution in [2.45, 2.75) is 31.8 Å². The molecule has 0 aromatic rings. The first-order chi connectivity index (χ1) is 7.96. The first-order valence-electron chi connectivity index (χ1n) is 5.30. The van der Waals surface area contributed by atoms with Crippen molar-refractivity contribution < 1.29 is 14.7 Å². The molecule has 1 aliphatic heterocycles. The first kappa shape index (κ1) is 16.5. The highest BCUT2D eigenvalue weighted by molar-refractivity contribution is 6.40. The molecule has 0 aromatic heterocycles. The molecule has 17 heavy (non-hydrogen) atoms.